The first-order chi connectivity index (χ1) is 37.7. The van der Waals surface area contributed by atoms with Gasteiger partial charge in [-0.05, 0) is 150 Å². The number of anilines is 6. The molecule has 76 heavy (non-hydrogen) atoms. The van der Waals surface area contributed by atoms with Crippen molar-refractivity contribution in [3.8, 4) is 44.5 Å². The molecule has 356 valence electrons. The van der Waals surface area contributed by atoms with Gasteiger partial charge in [0.05, 0.1) is 16.5 Å². The van der Waals surface area contributed by atoms with Gasteiger partial charge < -0.3 is 9.80 Å². The largest absolute Gasteiger partial charge is 0.310 e. The fourth-order valence-corrected chi connectivity index (χ4v) is 13.5. The Bertz CT molecular complexity index is 4060. The maximum absolute atomic E-state index is 2.54. The Labute approximate surface area is 444 Å². The van der Waals surface area contributed by atoms with Gasteiger partial charge in [0.1, 0.15) is 0 Å². The van der Waals surface area contributed by atoms with Gasteiger partial charge in [0.25, 0.3) is 0 Å². The topological polar surface area (TPSA) is 6.48 Å². The molecule has 15 rings (SSSR count). The van der Waals surface area contributed by atoms with Gasteiger partial charge in [0, 0.05) is 34.0 Å². The van der Waals surface area contributed by atoms with Crippen LogP contribution >= 0.6 is 0 Å². The molecule has 0 N–H and O–H groups in total. The summed E-state index contributed by atoms with van der Waals surface area (Å²) in [6, 6.07) is 113. The molecule has 12 aromatic rings. The third kappa shape index (κ3) is 6.34. The molecule has 2 heteroatoms. The average molecular weight is 967 g/mol. The number of nitrogens with zero attached hydrogens (tertiary/aromatic N) is 2. The highest BCUT2D eigenvalue weighted by Crippen LogP contribution is 2.65. The van der Waals surface area contributed by atoms with Crippen LogP contribution in [-0.2, 0) is 10.8 Å². The van der Waals surface area contributed by atoms with E-state index in [1.807, 2.05) is 0 Å². The molecule has 12 aromatic carbocycles. The summed E-state index contributed by atoms with van der Waals surface area (Å²) in [5.74, 6) is 0. The predicted octanol–water partition coefficient (Wildman–Crippen LogP) is 19.0. The summed E-state index contributed by atoms with van der Waals surface area (Å²) in [6.07, 6.45) is 0. The Morgan fingerprint density at radius 3 is 1.11 bits per heavy atom. The van der Waals surface area contributed by atoms with E-state index in [-0.39, 0.29) is 0 Å². The van der Waals surface area contributed by atoms with Crippen molar-refractivity contribution in [3.63, 3.8) is 0 Å². The Morgan fingerprint density at radius 2 is 0.579 bits per heavy atom. The Hall–Kier alpha value is -9.76. The maximum Gasteiger partial charge on any atom is 0.0727 e. The summed E-state index contributed by atoms with van der Waals surface area (Å²) < 4.78 is 0. The zero-order valence-electron chi connectivity index (χ0n) is 41.8. The first-order valence-corrected chi connectivity index (χ1v) is 26.4. The third-order valence-electron chi connectivity index (χ3n) is 16.5. The molecule has 3 aliphatic rings. The Morgan fingerprint density at radius 1 is 0.211 bits per heavy atom. The lowest BCUT2D eigenvalue weighted by atomic mass is 9.68. The zero-order chi connectivity index (χ0) is 50.2. The van der Waals surface area contributed by atoms with E-state index in [1.165, 1.54) is 89.0 Å². The van der Waals surface area contributed by atoms with Gasteiger partial charge in [-0.15, -0.1) is 0 Å². The van der Waals surface area contributed by atoms with Crippen LogP contribution in [0.1, 0.15) is 44.5 Å². The normalized spacial score (nSPS) is 14.7. The quantitative estimate of drug-likeness (QED) is 0.142. The average Bonchev–Trinajstić information content (AvgIpc) is 4.30. The van der Waals surface area contributed by atoms with Crippen LogP contribution in [0, 0.1) is 0 Å². The number of para-hydroxylation sites is 2. The SMILES string of the molecule is c1ccc(-c2ccc(N(c3ccc4c(c3)C3(c5ccccc5-c5ccc(N(c6ccccc6)c6ccccc6)cc53)c3ccccc3-4)c3cccc4c3-c3ccccc3C4(c3ccccc3)c3ccccc3)cc2)cc1. The van der Waals surface area contributed by atoms with Crippen molar-refractivity contribution in [2.24, 2.45) is 0 Å². The molecule has 0 radical (unpaired) electrons. The second-order valence-corrected chi connectivity index (χ2v) is 20.3. The number of benzene rings is 12. The number of rotatable bonds is 9. The molecule has 1 spiro atoms. The Kier molecular flexibility index (Phi) is 10.0. The fourth-order valence-electron chi connectivity index (χ4n) is 13.5. The van der Waals surface area contributed by atoms with Crippen molar-refractivity contribution in [2.45, 2.75) is 10.8 Å². The first-order valence-electron chi connectivity index (χ1n) is 26.4. The van der Waals surface area contributed by atoms with Gasteiger partial charge in [0.15, 0.2) is 0 Å². The van der Waals surface area contributed by atoms with Crippen molar-refractivity contribution in [1.82, 2.24) is 0 Å². The van der Waals surface area contributed by atoms with E-state index >= 15 is 0 Å². The summed E-state index contributed by atoms with van der Waals surface area (Å²) >= 11 is 0. The van der Waals surface area contributed by atoms with Crippen LogP contribution in [0.25, 0.3) is 44.5 Å². The van der Waals surface area contributed by atoms with Gasteiger partial charge in [-0.3, -0.25) is 0 Å². The van der Waals surface area contributed by atoms with E-state index < -0.39 is 10.8 Å². The molecule has 1 atom stereocenters. The van der Waals surface area contributed by atoms with Gasteiger partial charge in [-0.2, -0.15) is 0 Å². The minimum Gasteiger partial charge on any atom is -0.310 e. The molecule has 0 heterocycles. The molecule has 2 nitrogen and oxygen atoms in total. The van der Waals surface area contributed by atoms with Crippen molar-refractivity contribution < 1.29 is 0 Å². The molecule has 0 aliphatic heterocycles. The molecule has 0 bridgehead atoms. The van der Waals surface area contributed by atoms with Crippen LogP contribution in [0.3, 0.4) is 0 Å². The first kappa shape index (κ1) is 43.8. The molecular weight excluding hydrogens is 917 g/mol. The minimum atomic E-state index is -0.618. The Balaban J connectivity index is 1.00. The van der Waals surface area contributed by atoms with Crippen LogP contribution < -0.4 is 9.80 Å². The lowest BCUT2D eigenvalue weighted by molar-refractivity contribution is 0.768. The van der Waals surface area contributed by atoms with Crippen LogP contribution in [0.5, 0.6) is 0 Å². The summed E-state index contributed by atoms with van der Waals surface area (Å²) in [7, 11) is 0. The van der Waals surface area contributed by atoms with E-state index in [2.05, 4.69) is 313 Å². The molecule has 0 aromatic heterocycles. The molecule has 0 saturated carbocycles. The van der Waals surface area contributed by atoms with Crippen LogP contribution in [0.15, 0.2) is 303 Å². The highest BCUT2D eigenvalue weighted by atomic mass is 15.2. The smallest absolute Gasteiger partial charge is 0.0727 e. The molecule has 3 aliphatic carbocycles. The zero-order valence-corrected chi connectivity index (χ0v) is 41.8. The van der Waals surface area contributed by atoms with Gasteiger partial charge >= 0.3 is 0 Å². The van der Waals surface area contributed by atoms with Crippen molar-refractivity contribution >= 4 is 34.1 Å². The van der Waals surface area contributed by atoms with Crippen LogP contribution in [0.2, 0.25) is 0 Å². The summed E-state index contributed by atoms with van der Waals surface area (Å²) in [5, 5.41) is 0. The van der Waals surface area contributed by atoms with Crippen LogP contribution in [-0.4, -0.2) is 0 Å². The summed E-state index contributed by atoms with van der Waals surface area (Å²) in [4.78, 5) is 4.94. The molecule has 0 amide bonds. The summed E-state index contributed by atoms with van der Waals surface area (Å²) in [6.45, 7) is 0. The number of fused-ring (bicyclic) bond motifs is 13. The summed E-state index contributed by atoms with van der Waals surface area (Å²) in [5.41, 5.74) is 25.6. The fraction of sp³-hybridized carbons (Fsp3) is 0.0270. The monoisotopic (exact) mass is 966 g/mol. The highest BCUT2D eigenvalue weighted by molar-refractivity contribution is 6.00. The van der Waals surface area contributed by atoms with Crippen molar-refractivity contribution in [1.29, 1.82) is 0 Å². The predicted molar refractivity (Wildman–Crippen MR) is 315 cm³/mol. The second-order valence-electron chi connectivity index (χ2n) is 20.3. The second kappa shape index (κ2) is 17.4. The van der Waals surface area contributed by atoms with Crippen molar-refractivity contribution in [2.75, 3.05) is 9.80 Å². The molecular formula is C74H50N2. The van der Waals surface area contributed by atoms with E-state index in [9.17, 15) is 0 Å². The van der Waals surface area contributed by atoms with E-state index in [0.717, 1.165) is 34.1 Å². The van der Waals surface area contributed by atoms with E-state index in [0.29, 0.717) is 0 Å². The van der Waals surface area contributed by atoms with Gasteiger partial charge in [0.2, 0.25) is 0 Å². The standard InChI is InChI=1S/C74H50N2/c1-6-23-51(24-7-1)52-41-43-57(44-42-52)76(71-40-22-39-68-72(71)64-35-18-21-38-67(64)73(68,53-25-8-2-9-26-53)54-27-10-3-11-28-54)59-46-48-63-61-34-17-20-37-66(61)74(70(63)50-59)65-36-19-16-33-60(65)62-47-45-58(49-69(62)74)75(55-29-12-4-13-30-55)56-31-14-5-15-32-56/h1-50H. The van der Waals surface area contributed by atoms with E-state index in [4.69, 9.17) is 0 Å². The molecule has 1 unspecified atom stereocenters. The van der Waals surface area contributed by atoms with Crippen LogP contribution in [0.4, 0.5) is 34.1 Å². The lowest BCUT2D eigenvalue weighted by Crippen LogP contribution is -2.28. The van der Waals surface area contributed by atoms with Gasteiger partial charge in [-0.25, -0.2) is 0 Å². The van der Waals surface area contributed by atoms with Crippen molar-refractivity contribution in [3.05, 3.63) is 348 Å². The lowest BCUT2D eigenvalue weighted by Gasteiger charge is -2.35. The van der Waals surface area contributed by atoms with Gasteiger partial charge in [-0.1, -0.05) is 237 Å². The number of hydrogen-bond acceptors (Lipinski definition) is 2. The van der Waals surface area contributed by atoms with E-state index in [1.54, 1.807) is 0 Å². The molecule has 0 saturated heterocycles. The number of hydrogen-bond donors (Lipinski definition) is 0. The maximum atomic E-state index is 2.54. The minimum absolute atomic E-state index is 0.556. The highest BCUT2D eigenvalue weighted by Gasteiger charge is 2.53. The third-order valence-corrected chi connectivity index (χ3v) is 16.5. The molecule has 0 fully saturated rings.